The van der Waals surface area contributed by atoms with Crippen LogP contribution >= 0.6 is 0 Å². The van der Waals surface area contributed by atoms with Gasteiger partial charge in [0.2, 0.25) is 0 Å². The molecule has 0 atom stereocenters. The highest BCUT2D eigenvalue weighted by molar-refractivity contribution is 6.33. The predicted molar refractivity (Wildman–Crippen MR) is 49.2 cm³/mol. The molecular weight excluding hydrogens is 133 g/mol. The zero-order chi connectivity index (χ0) is 8.43. The highest BCUT2D eigenvalue weighted by Gasteiger charge is 1.98. The Labute approximate surface area is 68.6 Å². The second-order valence-corrected chi connectivity index (χ2v) is 2.57. The lowest BCUT2D eigenvalue weighted by atomic mass is 9.92. The monoisotopic (exact) mass is 143 g/mol. The van der Waals surface area contributed by atoms with Crippen LogP contribution in [0.3, 0.4) is 0 Å². The lowest BCUT2D eigenvalue weighted by molar-refractivity contribution is 1.17. The Bertz CT molecular complexity index is 292. The predicted octanol–water partition coefficient (Wildman–Crippen LogP) is 1.14. The Morgan fingerprint density at radius 2 is 2.18 bits per heavy atom. The van der Waals surface area contributed by atoms with E-state index in [2.05, 4.69) is 11.6 Å². The summed E-state index contributed by atoms with van der Waals surface area (Å²) in [5.41, 5.74) is 3.60. The van der Waals surface area contributed by atoms with Crippen LogP contribution in [0.5, 0.6) is 0 Å². The van der Waals surface area contributed by atoms with Crippen LogP contribution in [0.2, 0.25) is 0 Å². The zero-order valence-electron chi connectivity index (χ0n) is 6.89. The Morgan fingerprint density at radius 3 is 2.73 bits per heavy atom. The smallest absolute Gasteiger partial charge is 0.116 e. The van der Waals surface area contributed by atoms with Crippen molar-refractivity contribution < 1.29 is 0 Å². The van der Waals surface area contributed by atoms with E-state index in [0.29, 0.717) is 0 Å². The summed E-state index contributed by atoms with van der Waals surface area (Å²) in [7, 11) is 5.65. The largest absolute Gasteiger partial charge is 0.254 e. The minimum Gasteiger partial charge on any atom is -0.254 e. The van der Waals surface area contributed by atoms with Crippen molar-refractivity contribution in [3.63, 3.8) is 0 Å². The SMILES string of the molecule is [B]c1cc(C)c(C=C)nc1C. The normalized spacial score (nSPS) is 9.64. The Balaban J connectivity index is 3.31. The Hall–Kier alpha value is -1.05. The van der Waals surface area contributed by atoms with Crippen molar-refractivity contribution >= 4 is 19.4 Å². The second kappa shape index (κ2) is 2.91. The quantitative estimate of drug-likeness (QED) is 0.537. The molecule has 1 heterocycles. The molecule has 0 aromatic carbocycles. The maximum atomic E-state index is 5.65. The first kappa shape index (κ1) is 8.06. The van der Waals surface area contributed by atoms with Crippen molar-refractivity contribution in [1.29, 1.82) is 0 Å². The molecule has 2 heteroatoms. The third-order valence-electron chi connectivity index (χ3n) is 1.68. The average molecular weight is 143 g/mol. The maximum absolute atomic E-state index is 5.65. The van der Waals surface area contributed by atoms with E-state index >= 15 is 0 Å². The van der Waals surface area contributed by atoms with Crippen molar-refractivity contribution in [3.05, 3.63) is 29.6 Å². The topological polar surface area (TPSA) is 12.9 Å². The minimum atomic E-state index is 0.744. The molecule has 1 nitrogen and oxygen atoms in total. The number of rotatable bonds is 1. The van der Waals surface area contributed by atoms with Crippen LogP contribution in [0.25, 0.3) is 6.08 Å². The second-order valence-electron chi connectivity index (χ2n) is 2.57. The van der Waals surface area contributed by atoms with Crippen LogP contribution in [-0.2, 0) is 0 Å². The summed E-state index contributed by atoms with van der Waals surface area (Å²) >= 11 is 0. The molecule has 0 saturated carbocycles. The number of aromatic nitrogens is 1. The molecule has 0 bridgehead atoms. The summed E-state index contributed by atoms with van der Waals surface area (Å²) in [6, 6.07) is 1.92. The molecule has 0 fully saturated rings. The van der Waals surface area contributed by atoms with Crippen molar-refractivity contribution in [2.45, 2.75) is 13.8 Å². The first-order chi connectivity index (χ1) is 5.15. The van der Waals surface area contributed by atoms with Gasteiger partial charge in [0.15, 0.2) is 0 Å². The van der Waals surface area contributed by atoms with Crippen LogP contribution in [0, 0.1) is 13.8 Å². The molecule has 2 radical (unpaired) electrons. The molecule has 0 spiro atoms. The van der Waals surface area contributed by atoms with E-state index in [-0.39, 0.29) is 0 Å². The van der Waals surface area contributed by atoms with Gasteiger partial charge >= 0.3 is 0 Å². The molecule has 0 N–H and O–H groups in total. The fourth-order valence-electron chi connectivity index (χ4n) is 0.952. The van der Waals surface area contributed by atoms with E-state index in [9.17, 15) is 0 Å². The highest BCUT2D eigenvalue weighted by atomic mass is 14.7. The molecule has 0 aliphatic rings. The molecule has 0 saturated heterocycles. The number of nitrogens with zero attached hydrogens (tertiary/aromatic N) is 1. The minimum absolute atomic E-state index is 0.744. The fourth-order valence-corrected chi connectivity index (χ4v) is 0.952. The summed E-state index contributed by atoms with van der Waals surface area (Å²) in [5, 5.41) is 0. The summed E-state index contributed by atoms with van der Waals surface area (Å²) in [6.07, 6.45) is 1.74. The Kier molecular flexibility index (Phi) is 2.13. The van der Waals surface area contributed by atoms with E-state index in [0.717, 1.165) is 22.4 Å². The number of hydrogen-bond donors (Lipinski definition) is 0. The van der Waals surface area contributed by atoms with Crippen molar-refractivity contribution in [1.82, 2.24) is 4.98 Å². The van der Waals surface area contributed by atoms with Gasteiger partial charge in [-0.15, -0.1) is 0 Å². The van der Waals surface area contributed by atoms with E-state index in [4.69, 9.17) is 7.85 Å². The number of aryl methyl sites for hydroxylation is 2. The van der Waals surface area contributed by atoms with E-state index in [1.807, 2.05) is 19.9 Å². The van der Waals surface area contributed by atoms with E-state index in [1.165, 1.54) is 0 Å². The van der Waals surface area contributed by atoms with Crippen molar-refractivity contribution in [3.8, 4) is 0 Å². The van der Waals surface area contributed by atoms with Gasteiger partial charge in [0.1, 0.15) is 7.85 Å². The summed E-state index contributed by atoms with van der Waals surface area (Å²) in [4.78, 5) is 4.25. The van der Waals surface area contributed by atoms with Crippen molar-refractivity contribution in [2.75, 3.05) is 0 Å². The van der Waals surface area contributed by atoms with Gasteiger partial charge in [-0.2, -0.15) is 0 Å². The third-order valence-corrected chi connectivity index (χ3v) is 1.68. The average Bonchev–Trinajstić information content (AvgIpc) is 1.97. The summed E-state index contributed by atoms with van der Waals surface area (Å²) in [6.45, 7) is 7.52. The van der Waals surface area contributed by atoms with E-state index < -0.39 is 0 Å². The molecule has 1 aromatic heterocycles. The highest BCUT2D eigenvalue weighted by Crippen LogP contribution is 2.04. The molecule has 11 heavy (non-hydrogen) atoms. The molecule has 0 aliphatic heterocycles. The van der Waals surface area contributed by atoms with Gasteiger partial charge in [-0.25, -0.2) is 0 Å². The van der Waals surface area contributed by atoms with Gasteiger partial charge in [-0.1, -0.05) is 18.1 Å². The number of hydrogen-bond acceptors (Lipinski definition) is 1. The van der Waals surface area contributed by atoms with Gasteiger partial charge in [-0.3, -0.25) is 4.98 Å². The molecule has 0 unspecified atom stereocenters. The van der Waals surface area contributed by atoms with Crippen LogP contribution in [-0.4, -0.2) is 12.8 Å². The van der Waals surface area contributed by atoms with Gasteiger partial charge < -0.3 is 0 Å². The van der Waals surface area contributed by atoms with Crippen LogP contribution in [0.4, 0.5) is 0 Å². The fraction of sp³-hybridized carbons (Fsp3) is 0.222. The molecule has 54 valence electrons. The maximum Gasteiger partial charge on any atom is 0.116 e. The molecule has 0 amide bonds. The molecule has 1 aromatic rings. The standard InChI is InChI=1S/C9H10BN/c1-4-9-6(2)5-8(10)7(3)11-9/h4-5H,1H2,2-3H3. The van der Waals surface area contributed by atoms with Gasteiger partial charge in [0.25, 0.3) is 0 Å². The van der Waals surface area contributed by atoms with Crippen LogP contribution in [0.1, 0.15) is 17.0 Å². The zero-order valence-corrected chi connectivity index (χ0v) is 6.89. The Morgan fingerprint density at radius 1 is 1.55 bits per heavy atom. The molecular formula is C9H10BN. The van der Waals surface area contributed by atoms with E-state index in [1.54, 1.807) is 6.08 Å². The van der Waals surface area contributed by atoms with Crippen LogP contribution < -0.4 is 5.46 Å². The third kappa shape index (κ3) is 1.51. The summed E-state index contributed by atoms with van der Waals surface area (Å²) < 4.78 is 0. The lowest BCUT2D eigenvalue weighted by Gasteiger charge is -2.04. The van der Waals surface area contributed by atoms with Gasteiger partial charge in [0.05, 0.1) is 5.69 Å². The lowest BCUT2D eigenvalue weighted by Crippen LogP contribution is -2.11. The van der Waals surface area contributed by atoms with Gasteiger partial charge in [-0.05, 0) is 25.5 Å². The first-order valence-corrected chi connectivity index (χ1v) is 3.51. The molecule has 1 rings (SSSR count). The van der Waals surface area contributed by atoms with Gasteiger partial charge in [0, 0.05) is 5.69 Å². The van der Waals surface area contributed by atoms with Crippen molar-refractivity contribution in [2.24, 2.45) is 0 Å². The first-order valence-electron chi connectivity index (χ1n) is 3.51. The molecule has 0 aliphatic carbocycles. The number of pyridine rings is 1. The summed E-state index contributed by atoms with van der Waals surface area (Å²) in [5.74, 6) is 0. The van der Waals surface area contributed by atoms with Crippen LogP contribution in [0.15, 0.2) is 12.6 Å².